The average Bonchev–Trinajstić information content (AvgIpc) is 3.11. The van der Waals surface area contributed by atoms with E-state index in [4.69, 9.17) is 11.6 Å². The number of nitrogens with zero attached hydrogens (tertiary/aromatic N) is 3. The molecule has 2 aromatic carbocycles. The van der Waals surface area contributed by atoms with E-state index in [0.29, 0.717) is 17.6 Å². The van der Waals surface area contributed by atoms with Gasteiger partial charge in [0.15, 0.2) is 0 Å². The molecule has 1 fully saturated rings. The Morgan fingerprint density at radius 3 is 2.31 bits per heavy atom. The normalized spacial score (nSPS) is 14.9. The SMILES string of the molecule is Cc1cn(Cc2ccccc2Br)c(C(=O)N2CCN(C(C)C)CC2)c1-c1ccc(Cl)cc1. The van der Waals surface area contributed by atoms with Crippen molar-refractivity contribution in [2.24, 2.45) is 0 Å². The summed E-state index contributed by atoms with van der Waals surface area (Å²) in [5.41, 5.74) is 4.98. The third-order valence-electron chi connectivity index (χ3n) is 6.23. The van der Waals surface area contributed by atoms with Crippen LogP contribution in [0, 0.1) is 6.92 Å². The maximum atomic E-state index is 13.9. The van der Waals surface area contributed by atoms with Crippen molar-refractivity contribution in [3.8, 4) is 11.1 Å². The van der Waals surface area contributed by atoms with Crippen LogP contribution in [0.5, 0.6) is 0 Å². The fraction of sp³-hybridized carbons (Fsp3) is 0.346. The summed E-state index contributed by atoms with van der Waals surface area (Å²) < 4.78 is 3.15. The third-order valence-corrected chi connectivity index (χ3v) is 7.26. The van der Waals surface area contributed by atoms with E-state index in [1.165, 1.54) is 0 Å². The van der Waals surface area contributed by atoms with Gasteiger partial charge < -0.3 is 9.47 Å². The third kappa shape index (κ3) is 4.80. The number of piperazine rings is 1. The first kappa shape index (κ1) is 23.1. The van der Waals surface area contributed by atoms with Crippen LogP contribution < -0.4 is 0 Å². The molecule has 0 bridgehead atoms. The molecule has 0 atom stereocenters. The Labute approximate surface area is 203 Å². The van der Waals surface area contributed by atoms with Crippen LogP contribution in [-0.4, -0.2) is 52.5 Å². The van der Waals surface area contributed by atoms with Gasteiger partial charge in [0, 0.05) is 60.0 Å². The van der Waals surface area contributed by atoms with E-state index in [9.17, 15) is 4.79 Å². The van der Waals surface area contributed by atoms with Crippen molar-refractivity contribution in [3.63, 3.8) is 0 Å². The van der Waals surface area contributed by atoms with Crippen molar-refractivity contribution in [2.45, 2.75) is 33.4 Å². The Balaban J connectivity index is 1.74. The van der Waals surface area contributed by atoms with E-state index >= 15 is 0 Å². The minimum Gasteiger partial charge on any atom is -0.338 e. The molecule has 32 heavy (non-hydrogen) atoms. The highest BCUT2D eigenvalue weighted by Gasteiger charge is 2.29. The molecule has 1 aliphatic rings. The minimum absolute atomic E-state index is 0.0958. The zero-order valence-corrected chi connectivity index (χ0v) is 21.2. The smallest absolute Gasteiger partial charge is 0.271 e. The van der Waals surface area contributed by atoms with Crippen LogP contribution in [0.25, 0.3) is 11.1 Å². The molecule has 3 aromatic rings. The molecule has 1 aliphatic heterocycles. The lowest BCUT2D eigenvalue weighted by Gasteiger charge is -2.37. The van der Waals surface area contributed by atoms with Gasteiger partial charge in [-0.15, -0.1) is 0 Å². The summed E-state index contributed by atoms with van der Waals surface area (Å²) in [6.07, 6.45) is 2.10. The van der Waals surface area contributed by atoms with Gasteiger partial charge in [-0.1, -0.05) is 57.9 Å². The molecule has 1 amide bonds. The number of aryl methyl sites for hydroxylation is 1. The monoisotopic (exact) mass is 513 g/mol. The van der Waals surface area contributed by atoms with E-state index in [2.05, 4.69) is 58.4 Å². The predicted octanol–water partition coefficient (Wildman–Crippen LogP) is 6.09. The van der Waals surface area contributed by atoms with E-state index in [0.717, 1.165) is 58.6 Å². The number of amides is 1. The van der Waals surface area contributed by atoms with Crippen molar-refractivity contribution in [3.05, 3.63) is 81.0 Å². The second-order valence-corrected chi connectivity index (χ2v) is 9.97. The number of halogens is 2. The highest BCUT2D eigenvalue weighted by Crippen LogP contribution is 2.32. The van der Waals surface area contributed by atoms with Crippen molar-refractivity contribution in [2.75, 3.05) is 26.2 Å². The van der Waals surface area contributed by atoms with Gasteiger partial charge in [-0.3, -0.25) is 9.69 Å². The Bertz CT molecular complexity index is 1100. The number of carbonyl (C=O) groups excluding carboxylic acids is 1. The van der Waals surface area contributed by atoms with Crippen molar-refractivity contribution in [1.29, 1.82) is 0 Å². The molecule has 0 spiro atoms. The van der Waals surface area contributed by atoms with E-state index < -0.39 is 0 Å². The standard InChI is InChI=1S/C26H29BrClN3O/c1-18(2)29-12-14-30(15-13-29)26(32)25-24(20-8-10-22(28)11-9-20)19(3)16-31(25)17-21-6-4-5-7-23(21)27/h4-11,16,18H,12-15,17H2,1-3H3. The molecule has 0 aliphatic carbocycles. The minimum atomic E-state index is 0.0958. The van der Waals surface area contributed by atoms with Gasteiger partial charge in [0.25, 0.3) is 5.91 Å². The Kier molecular flexibility index (Phi) is 7.08. The molecule has 1 aromatic heterocycles. The van der Waals surface area contributed by atoms with Crippen molar-refractivity contribution in [1.82, 2.24) is 14.4 Å². The molecular formula is C26H29BrClN3O. The first-order chi connectivity index (χ1) is 15.3. The van der Waals surface area contributed by atoms with Crippen LogP contribution in [0.2, 0.25) is 5.02 Å². The summed E-state index contributed by atoms with van der Waals surface area (Å²) in [5, 5.41) is 0.691. The molecule has 0 radical (unpaired) electrons. The van der Waals surface area contributed by atoms with Gasteiger partial charge in [-0.25, -0.2) is 0 Å². The molecule has 0 N–H and O–H groups in total. The number of rotatable bonds is 5. The average molecular weight is 515 g/mol. The summed E-state index contributed by atoms with van der Waals surface area (Å²) in [6, 6.07) is 16.4. The Morgan fingerprint density at radius 1 is 1.03 bits per heavy atom. The number of aromatic nitrogens is 1. The largest absolute Gasteiger partial charge is 0.338 e. The van der Waals surface area contributed by atoms with Gasteiger partial charge in [0.05, 0.1) is 0 Å². The summed E-state index contributed by atoms with van der Waals surface area (Å²) in [6.45, 7) is 10.4. The van der Waals surface area contributed by atoms with Gasteiger partial charge in [-0.2, -0.15) is 0 Å². The first-order valence-corrected chi connectivity index (χ1v) is 12.2. The Hall–Kier alpha value is -2.08. The molecule has 0 unspecified atom stereocenters. The summed E-state index contributed by atoms with van der Waals surface area (Å²) in [4.78, 5) is 18.3. The fourth-order valence-corrected chi connectivity index (χ4v) is 4.97. The van der Waals surface area contributed by atoms with Crippen LogP contribution in [0.1, 0.15) is 35.5 Å². The first-order valence-electron chi connectivity index (χ1n) is 11.1. The van der Waals surface area contributed by atoms with Crippen LogP contribution in [-0.2, 0) is 6.54 Å². The topological polar surface area (TPSA) is 28.5 Å². The quantitative estimate of drug-likeness (QED) is 0.412. The molecule has 4 rings (SSSR count). The lowest BCUT2D eigenvalue weighted by molar-refractivity contribution is 0.0586. The molecular weight excluding hydrogens is 486 g/mol. The molecule has 6 heteroatoms. The number of benzene rings is 2. The van der Waals surface area contributed by atoms with Gasteiger partial charge in [0.1, 0.15) is 5.69 Å². The summed E-state index contributed by atoms with van der Waals surface area (Å²) >= 11 is 9.80. The zero-order chi connectivity index (χ0) is 22.8. The van der Waals surface area contributed by atoms with Crippen LogP contribution >= 0.6 is 27.5 Å². The van der Waals surface area contributed by atoms with Crippen molar-refractivity contribution >= 4 is 33.4 Å². The van der Waals surface area contributed by atoms with Crippen LogP contribution in [0.15, 0.2) is 59.2 Å². The highest BCUT2D eigenvalue weighted by molar-refractivity contribution is 9.10. The van der Waals surface area contributed by atoms with E-state index in [-0.39, 0.29) is 5.91 Å². The molecule has 2 heterocycles. The van der Waals surface area contributed by atoms with Crippen LogP contribution in [0.4, 0.5) is 0 Å². The van der Waals surface area contributed by atoms with Crippen molar-refractivity contribution < 1.29 is 4.79 Å². The second kappa shape index (κ2) is 9.82. The van der Waals surface area contributed by atoms with E-state index in [1.54, 1.807) is 0 Å². The highest BCUT2D eigenvalue weighted by atomic mass is 79.9. The number of hydrogen-bond donors (Lipinski definition) is 0. The second-order valence-electron chi connectivity index (χ2n) is 8.68. The van der Waals surface area contributed by atoms with Gasteiger partial charge >= 0.3 is 0 Å². The van der Waals surface area contributed by atoms with Crippen LogP contribution in [0.3, 0.4) is 0 Å². The molecule has 0 saturated carbocycles. The molecule has 4 nitrogen and oxygen atoms in total. The molecule has 1 saturated heterocycles. The van der Waals surface area contributed by atoms with Gasteiger partial charge in [0.2, 0.25) is 0 Å². The Morgan fingerprint density at radius 2 is 1.69 bits per heavy atom. The van der Waals surface area contributed by atoms with Gasteiger partial charge in [-0.05, 0) is 55.7 Å². The van der Waals surface area contributed by atoms with E-state index in [1.807, 2.05) is 47.4 Å². The maximum absolute atomic E-state index is 13.9. The predicted molar refractivity (Wildman–Crippen MR) is 135 cm³/mol. The maximum Gasteiger partial charge on any atom is 0.271 e. The lowest BCUT2D eigenvalue weighted by Crippen LogP contribution is -2.51. The zero-order valence-electron chi connectivity index (χ0n) is 18.8. The molecule has 168 valence electrons. The lowest BCUT2D eigenvalue weighted by atomic mass is 10.0. The fourth-order valence-electron chi connectivity index (χ4n) is 4.43. The summed E-state index contributed by atoms with van der Waals surface area (Å²) in [5.74, 6) is 0.0958. The summed E-state index contributed by atoms with van der Waals surface area (Å²) in [7, 11) is 0. The number of hydrogen-bond acceptors (Lipinski definition) is 2. The number of carbonyl (C=O) groups is 1.